The molecule has 3 aromatic carbocycles. The highest BCUT2D eigenvalue weighted by atomic mass is 16.6. The number of hydrogen-bond donors (Lipinski definition) is 0. The van der Waals surface area contributed by atoms with Gasteiger partial charge in [-0.1, -0.05) is 97.8 Å². The van der Waals surface area contributed by atoms with Crippen LogP contribution in [0, 0.1) is 0 Å². The average Bonchev–Trinajstić information content (AvgIpc) is 3.41. The van der Waals surface area contributed by atoms with Crippen LogP contribution in [0.25, 0.3) is 0 Å². The predicted octanol–water partition coefficient (Wildman–Crippen LogP) is 7.30. The Morgan fingerprint density at radius 1 is 0.667 bits per heavy atom. The van der Waals surface area contributed by atoms with Crippen molar-refractivity contribution in [3.63, 3.8) is 0 Å². The fourth-order valence-electron chi connectivity index (χ4n) is 5.09. The van der Waals surface area contributed by atoms with Crippen LogP contribution in [0.5, 0.6) is 0 Å². The van der Waals surface area contributed by atoms with Crippen molar-refractivity contribution in [2.24, 2.45) is 0 Å². The quantitative estimate of drug-likeness (QED) is 0.249. The van der Waals surface area contributed by atoms with Crippen molar-refractivity contribution in [1.82, 2.24) is 0 Å². The van der Waals surface area contributed by atoms with Crippen molar-refractivity contribution in [3.8, 4) is 0 Å². The van der Waals surface area contributed by atoms with Crippen molar-refractivity contribution in [3.05, 3.63) is 107 Å². The van der Waals surface area contributed by atoms with Crippen molar-refractivity contribution < 1.29 is 19.1 Å². The van der Waals surface area contributed by atoms with Gasteiger partial charge in [-0.2, -0.15) is 0 Å². The molecule has 1 saturated carbocycles. The summed E-state index contributed by atoms with van der Waals surface area (Å²) in [6.45, 7) is 5.44. The first kappa shape index (κ1) is 25.7. The van der Waals surface area contributed by atoms with Gasteiger partial charge in [-0.15, -0.1) is 0 Å². The van der Waals surface area contributed by atoms with E-state index in [1.165, 1.54) is 31.2 Å². The third-order valence-electron chi connectivity index (χ3n) is 6.72. The zero-order chi connectivity index (χ0) is 25.6. The molecule has 0 atom stereocenters. The summed E-state index contributed by atoms with van der Waals surface area (Å²) in [5.74, 6) is -0.267. The van der Waals surface area contributed by atoms with Crippen LogP contribution in [-0.2, 0) is 24.7 Å². The molecule has 4 heteroatoms. The number of carbonyl (C=O) groups is 2. The van der Waals surface area contributed by atoms with Gasteiger partial charge in [-0.25, -0.2) is 0 Å². The second-order valence-electron chi connectivity index (χ2n) is 10.6. The number of benzene rings is 3. The Labute approximate surface area is 214 Å². The third kappa shape index (κ3) is 6.04. The molecule has 4 nitrogen and oxygen atoms in total. The third-order valence-corrected chi connectivity index (χ3v) is 6.72. The summed E-state index contributed by atoms with van der Waals surface area (Å²) in [6, 6.07) is 28.2. The molecule has 1 aliphatic rings. The van der Waals surface area contributed by atoms with Gasteiger partial charge in [-0.05, 0) is 45.1 Å². The van der Waals surface area contributed by atoms with Gasteiger partial charge in [0.15, 0.2) is 5.60 Å². The smallest absolute Gasteiger partial charge is 0.307 e. The van der Waals surface area contributed by atoms with Crippen LogP contribution in [0.15, 0.2) is 84.9 Å². The number of hydrogen-bond acceptors (Lipinski definition) is 4. The lowest BCUT2D eigenvalue weighted by atomic mass is 9.79. The number of carbonyl (C=O) groups excluding carboxylic acids is 2. The summed E-state index contributed by atoms with van der Waals surface area (Å²) >= 11 is 0. The van der Waals surface area contributed by atoms with Crippen LogP contribution < -0.4 is 0 Å². The Kier molecular flexibility index (Phi) is 7.93. The van der Waals surface area contributed by atoms with E-state index in [2.05, 4.69) is 24.3 Å². The highest BCUT2D eigenvalue weighted by Gasteiger charge is 2.40. The lowest BCUT2D eigenvalue weighted by Crippen LogP contribution is -2.35. The van der Waals surface area contributed by atoms with Crippen LogP contribution in [0.2, 0.25) is 0 Å². The zero-order valence-corrected chi connectivity index (χ0v) is 21.5. The largest absolute Gasteiger partial charge is 0.460 e. The van der Waals surface area contributed by atoms with Crippen molar-refractivity contribution >= 4 is 11.9 Å². The van der Waals surface area contributed by atoms with E-state index >= 15 is 0 Å². The molecular weight excluding hydrogens is 448 g/mol. The average molecular weight is 485 g/mol. The Morgan fingerprint density at radius 2 is 1.11 bits per heavy atom. The molecule has 0 aliphatic heterocycles. The van der Waals surface area contributed by atoms with E-state index in [1.807, 2.05) is 81.4 Å². The van der Waals surface area contributed by atoms with Gasteiger partial charge in [0, 0.05) is 16.7 Å². The van der Waals surface area contributed by atoms with E-state index in [1.54, 1.807) is 0 Å². The standard InChI is InChI=1S/C32H36O4/c1-31(2,3)35-29(33)22-23-30(34)36-32(26-14-6-4-7-15-26,27-16-8-5-9-17-27)28-20-18-25(19-21-28)24-12-10-11-13-24/h4-9,14-21,24H,10-13,22-23H2,1-3H3. The molecule has 0 spiro atoms. The lowest BCUT2D eigenvalue weighted by molar-refractivity contribution is -0.161. The minimum absolute atomic E-state index is 0.0314. The molecule has 1 aliphatic carbocycles. The highest BCUT2D eigenvalue weighted by molar-refractivity contribution is 5.78. The van der Waals surface area contributed by atoms with Crippen molar-refractivity contribution in [2.45, 2.75) is 76.4 Å². The fourth-order valence-corrected chi connectivity index (χ4v) is 5.09. The van der Waals surface area contributed by atoms with Crippen LogP contribution in [-0.4, -0.2) is 17.5 Å². The molecule has 0 saturated heterocycles. The Hall–Kier alpha value is -3.40. The number of rotatable bonds is 8. The van der Waals surface area contributed by atoms with E-state index in [0.29, 0.717) is 5.92 Å². The van der Waals surface area contributed by atoms with E-state index < -0.39 is 23.1 Å². The van der Waals surface area contributed by atoms with Crippen LogP contribution >= 0.6 is 0 Å². The molecule has 0 heterocycles. The Bertz CT molecular complexity index is 1100. The number of esters is 2. The summed E-state index contributed by atoms with van der Waals surface area (Å²) in [4.78, 5) is 25.6. The van der Waals surface area contributed by atoms with Crippen LogP contribution in [0.1, 0.15) is 87.5 Å². The van der Waals surface area contributed by atoms with E-state index in [-0.39, 0.29) is 12.8 Å². The van der Waals surface area contributed by atoms with Crippen molar-refractivity contribution in [2.75, 3.05) is 0 Å². The summed E-state index contributed by atoms with van der Waals surface area (Å²) in [5.41, 5.74) is 2.20. The molecule has 0 N–H and O–H groups in total. The van der Waals surface area contributed by atoms with E-state index in [4.69, 9.17) is 9.47 Å². The molecule has 0 amide bonds. The second-order valence-corrected chi connectivity index (χ2v) is 10.6. The van der Waals surface area contributed by atoms with Gasteiger partial charge in [0.1, 0.15) is 5.60 Å². The van der Waals surface area contributed by atoms with Gasteiger partial charge in [-0.3, -0.25) is 9.59 Å². The number of ether oxygens (including phenoxy) is 2. The molecule has 0 unspecified atom stereocenters. The Balaban J connectivity index is 1.71. The van der Waals surface area contributed by atoms with Crippen molar-refractivity contribution in [1.29, 1.82) is 0 Å². The molecule has 0 bridgehead atoms. The first-order chi connectivity index (χ1) is 17.3. The maximum Gasteiger partial charge on any atom is 0.307 e. The van der Waals surface area contributed by atoms with Gasteiger partial charge in [0.2, 0.25) is 0 Å². The van der Waals surface area contributed by atoms with Gasteiger partial charge < -0.3 is 9.47 Å². The molecule has 0 radical (unpaired) electrons. The molecule has 188 valence electrons. The maximum atomic E-state index is 13.3. The fraction of sp³-hybridized carbons (Fsp3) is 0.375. The summed E-state index contributed by atoms with van der Waals surface area (Å²) in [7, 11) is 0. The second kappa shape index (κ2) is 11.1. The van der Waals surface area contributed by atoms with Crippen LogP contribution in [0.4, 0.5) is 0 Å². The first-order valence-electron chi connectivity index (χ1n) is 12.9. The SMILES string of the molecule is CC(C)(C)OC(=O)CCC(=O)OC(c1ccccc1)(c1ccccc1)c1ccc(C2CCCC2)cc1. The minimum Gasteiger partial charge on any atom is -0.460 e. The predicted molar refractivity (Wildman–Crippen MR) is 142 cm³/mol. The summed E-state index contributed by atoms with van der Waals surface area (Å²) in [5, 5.41) is 0. The normalized spacial score (nSPS) is 14.4. The van der Waals surface area contributed by atoms with Gasteiger partial charge in [0.05, 0.1) is 12.8 Å². The highest BCUT2D eigenvalue weighted by Crippen LogP contribution is 2.42. The van der Waals surface area contributed by atoms with Gasteiger partial charge in [0.25, 0.3) is 0 Å². The molecule has 3 aromatic rings. The molecule has 36 heavy (non-hydrogen) atoms. The Morgan fingerprint density at radius 3 is 1.58 bits per heavy atom. The summed E-state index contributed by atoms with van der Waals surface area (Å²) < 4.78 is 11.8. The molecule has 4 rings (SSSR count). The zero-order valence-electron chi connectivity index (χ0n) is 21.5. The van der Waals surface area contributed by atoms with E-state index in [0.717, 1.165) is 16.7 Å². The maximum absolute atomic E-state index is 13.3. The van der Waals surface area contributed by atoms with Crippen LogP contribution in [0.3, 0.4) is 0 Å². The molecule has 1 fully saturated rings. The monoisotopic (exact) mass is 484 g/mol. The lowest BCUT2D eigenvalue weighted by Gasteiger charge is -2.35. The molecular formula is C32H36O4. The summed E-state index contributed by atoms with van der Waals surface area (Å²) in [6.07, 6.45) is 4.91. The van der Waals surface area contributed by atoms with Gasteiger partial charge >= 0.3 is 11.9 Å². The first-order valence-corrected chi connectivity index (χ1v) is 12.9. The molecule has 0 aromatic heterocycles. The minimum atomic E-state index is -1.14. The topological polar surface area (TPSA) is 52.6 Å². The van der Waals surface area contributed by atoms with E-state index in [9.17, 15) is 9.59 Å².